The van der Waals surface area contributed by atoms with E-state index in [-0.39, 0.29) is 11.5 Å². The number of amides is 1. The molecule has 0 spiro atoms. The number of rotatable bonds is 2. The van der Waals surface area contributed by atoms with Crippen molar-refractivity contribution in [1.82, 2.24) is 4.90 Å². The quantitative estimate of drug-likeness (QED) is 0.751. The number of carbonyl (C=O) groups is 1. The van der Waals surface area contributed by atoms with Crippen LogP contribution in [0, 0.1) is 5.82 Å². The summed E-state index contributed by atoms with van der Waals surface area (Å²) in [6.07, 6.45) is 6.11. The van der Waals surface area contributed by atoms with Gasteiger partial charge < -0.3 is 4.90 Å². The summed E-state index contributed by atoms with van der Waals surface area (Å²) in [5, 5.41) is 0.317. The van der Waals surface area contributed by atoms with E-state index in [1.54, 1.807) is 17.0 Å². The molecule has 1 amide bonds. The zero-order chi connectivity index (χ0) is 13.0. The molecule has 1 fully saturated rings. The summed E-state index contributed by atoms with van der Waals surface area (Å²) in [6.45, 7) is 1.57. The number of piperidine rings is 1. The molecule has 0 saturated carbocycles. The molecule has 1 aromatic rings. The molecule has 4 heteroatoms. The van der Waals surface area contributed by atoms with Crippen LogP contribution < -0.4 is 0 Å². The van der Waals surface area contributed by atoms with Crippen LogP contribution in [0.3, 0.4) is 0 Å². The van der Waals surface area contributed by atoms with Crippen LogP contribution in [0.15, 0.2) is 24.3 Å². The maximum absolute atomic E-state index is 13.5. The zero-order valence-electron chi connectivity index (χ0n) is 10.0. The lowest BCUT2D eigenvalue weighted by molar-refractivity contribution is -0.126. The van der Waals surface area contributed by atoms with Crippen LogP contribution in [0.5, 0.6) is 0 Å². The predicted molar refractivity (Wildman–Crippen MR) is 70.9 cm³/mol. The highest BCUT2D eigenvalue weighted by molar-refractivity contribution is 6.32. The Balaban J connectivity index is 2.08. The van der Waals surface area contributed by atoms with Crippen molar-refractivity contribution in [3.8, 4) is 0 Å². The maximum atomic E-state index is 13.5. The third kappa shape index (κ3) is 3.10. The van der Waals surface area contributed by atoms with Crippen LogP contribution >= 0.6 is 11.6 Å². The van der Waals surface area contributed by atoms with E-state index in [9.17, 15) is 9.18 Å². The fraction of sp³-hybridized carbons (Fsp3) is 0.357. The Kier molecular flexibility index (Phi) is 4.37. The van der Waals surface area contributed by atoms with E-state index in [1.807, 2.05) is 0 Å². The molecule has 0 atom stereocenters. The Hall–Kier alpha value is -1.35. The van der Waals surface area contributed by atoms with Gasteiger partial charge in [-0.05, 0) is 37.5 Å². The van der Waals surface area contributed by atoms with Crippen molar-refractivity contribution in [2.75, 3.05) is 13.1 Å². The van der Waals surface area contributed by atoms with Crippen LogP contribution in [0.4, 0.5) is 4.39 Å². The van der Waals surface area contributed by atoms with Crippen molar-refractivity contribution >= 4 is 23.6 Å². The number of benzene rings is 1. The molecule has 1 aromatic carbocycles. The van der Waals surface area contributed by atoms with E-state index < -0.39 is 5.82 Å². The van der Waals surface area contributed by atoms with Crippen molar-refractivity contribution in [3.63, 3.8) is 0 Å². The monoisotopic (exact) mass is 267 g/mol. The number of carbonyl (C=O) groups excluding carboxylic acids is 1. The Labute approximate surface area is 111 Å². The molecule has 1 aliphatic heterocycles. The predicted octanol–water partition coefficient (Wildman–Crippen LogP) is 3.50. The summed E-state index contributed by atoms with van der Waals surface area (Å²) >= 11 is 5.88. The first kappa shape index (κ1) is 13.1. The zero-order valence-corrected chi connectivity index (χ0v) is 10.8. The molecule has 1 heterocycles. The van der Waals surface area contributed by atoms with Gasteiger partial charge in [-0.15, -0.1) is 0 Å². The van der Waals surface area contributed by atoms with Gasteiger partial charge in [-0.1, -0.05) is 17.7 Å². The van der Waals surface area contributed by atoms with Gasteiger partial charge in [0.1, 0.15) is 5.82 Å². The van der Waals surface area contributed by atoms with E-state index in [2.05, 4.69) is 0 Å². The van der Waals surface area contributed by atoms with Crippen LogP contribution in [0.2, 0.25) is 5.02 Å². The summed E-state index contributed by atoms with van der Waals surface area (Å²) in [6, 6.07) is 4.48. The summed E-state index contributed by atoms with van der Waals surface area (Å²) in [5.41, 5.74) is 0.268. The second-order valence-corrected chi connectivity index (χ2v) is 4.76. The first-order chi connectivity index (χ1) is 8.68. The van der Waals surface area contributed by atoms with Crippen LogP contribution in [0.25, 0.3) is 6.08 Å². The number of hydrogen-bond donors (Lipinski definition) is 0. The molecule has 0 N–H and O–H groups in total. The van der Waals surface area contributed by atoms with Gasteiger partial charge >= 0.3 is 0 Å². The Morgan fingerprint density at radius 3 is 2.67 bits per heavy atom. The molecule has 0 unspecified atom stereocenters. The van der Waals surface area contributed by atoms with E-state index in [1.165, 1.54) is 24.6 Å². The lowest BCUT2D eigenvalue weighted by Gasteiger charge is -2.25. The van der Waals surface area contributed by atoms with Gasteiger partial charge in [0, 0.05) is 24.7 Å². The molecule has 2 rings (SSSR count). The lowest BCUT2D eigenvalue weighted by atomic mass is 10.1. The smallest absolute Gasteiger partial charge is 0.246 e. The fourth-order valence-corrected chi connectivity index (χ4v) is 2.27. The highest BCUT2D eigenvalue weighted by Crippen LogP contribution is 2.20. The molecule has 0 bridgehead atoms. The first-order valence-electron chi connectivity index (χ1n) is 6.09. The number of hydrogen-bond acceptors (Lipinski definition) is 1. The summed E-state index contributed by atoms with van der Waals surface area (Å²) in [7, 11) is 0. The first-order valence-corrected chi connectivity index (χ1v) is 6.47. The number of likely N-dealkylation sites (tertiary alicyclic amines) is 1. The van der Waals surface area contributed by atoms with Crippen LogP contribution in [-0.4, -0.2) is 23.9 Å². The van der Waals surface area contributed by atoms with Gasteiger partial charge in [-0.3, -0.25) is 4.79 Å². The second kappa shape index (κ2) is 6.01. The minimum absolute atomic E-state index is 0.0750. The fourth-order valence-electron chi connectivity index (χ4n) is 2.04. The second-order valence-electron chi connectivity index (χ2n) is 4.35. The van der Waals surface area contributed by atoms with E-state index >= 15 is 0 Å². The SMILES string of the molecule is O=C(/C=C/c1c(F)cccc1Cl)N1CCCCC1. The Morgan fingerprint density at radius 2 is 2.00 bits per heavy atom. The topological polar surface area (TPSA) is 20.3 Å². The van der Waals surface area contributed by atoms with Crippen molar-refractivity contribution in [2.45, 2.75) is 19.3 Å². The average molecular weight is 268 g/mol. The molecule has 1 aliphatic rings. The standard InChI is InChI=1S/C14H15ClFNO/c15-12-5-4-6-13(16)11(12)7-8-14(18)17-9-2-1-3-10-17/h4-8H,1-3,9-10H2/b8-7+. The molecule has 0 aliphatic carbocycles. The third-order valence-electron chi connectivity index (χ3n) is 3.06. The molecule has 0 aromatic heterocycles. The van der Waals surface area contributed by atoms with Crippen molar-refractivity contribution in [2.24, 2.45) is 0 Å². The van der Waals surface area contributed by atoms with Crippen molar-refractivity contribution in [3.05, 3.63) is 40.7 Å². The highest BCUT2D eigenvalue weighted by atomic mass is 35.5. The molecule has 18 heavy (non-hydrogen) atoms. The van der Waals surface area contributed by atoms with E-state index in [0.29, 0.717) is 5.02 Å². The van der Waals surface area contributed by atoms with Gasteiger partial charge in [-0.2, -0.15) is 0 Å². The maximum Gasteiger partial charge on any atom is 0.246 e. The Bertz CT molecular complexity index is 447. The minimum Gasteiger partial charge on any atom is -0.339 e. The summed E-state index contributed by atoms with van der Waals surface area (Å²) in [5.74, 6) is -0.487. The normalized spacial score (nSPS) is 16.2. The largest absolute Gasteiger partial charge is 0.339 e. The number of nitrogens with zero attached hydrogens (tertiary/aromatic N) is 1. The van der Waals surface area contributed by atoms with E-state index in [0.717, 1.165) is 25.9 Å². The minimum atomic E-state index is -0.412. The molecular weight excluding hydrogens is 253 g/mol. The van der Waals surface area contributed by atoms with Gasteiger partial charge in [0.2, 0.25) is 5.91 Å². The lowest BCUT2D eigenvalue weighted by Crippen LogP contribution is -2.34. The van der Waals surface area contributed by atoms with Gasteiger partial charge in [0.25, 0.3) is 0 Å². The van der Waals surface area contributed by atoms with Gasteiger partial charge in [0.15, 0.2) is 0 Å². The number of halogens is 2. The highest BCUT2D eigenvalue weighted by Gasteiger charge is 2.14. The summed E-state index contributed by atoms with van der Waals surface area (Å²) in [4.78, 5) is 13.7. The molecular formula is C14H15ClFNO. The summed E-state index contributed by atoms with van der Waals surface area (Å²) < 4.78 is 13.5. The van der Waals surface area contributed by atoms with Gasteiger partial charge in [0.05, 0.1) is 5.02 Å². The molecule has 0 radical (unpaired) electrons. The van der Waals surface area contributed by atoms with Gasteiger partial charge in [-0.25, -0.2) is 4.39 Å². The third-order valence-corrected chi connectivity index (χ3v) is 3.39. The van der Waals surface area contributed by atoms with E-state index in [4.69, 9.17) is 11.6 Å². The molecule has 96 valence electrons. The van der Waals surface area contributed by atoms with Crippen LogP contribution in [0.1, 0.15) is 24.8 Å². The molecule has 2 nitrogen and oxygen atoms in total. The average Bonchev–Trinajstić information content (AvgIpc) is 2.39. The Morgan fingerprint density at radius 1 is 1.28 bits per heavy atom. The molecule has 1 saturated heterocycles. The van der Waals surface area contributed by atoms with Crippen molar-refractivity contribution in [1.29, 1.82) is 0 Å². The van der Waals surface area contributed by atoms with Crippen LogP contribution in [-0.2, 0) is 4.79 Å². The van der Waals surface area contributed by atoms with Crippen molar-refractivity contribution < 1.29 is 9.18 Å².